The smallest absolute Gasteiger partial charge is 0.0862 e. The first-order valence-electron chi connectivity index (χ1n) is 6.59. The van der Waals surface area contributed by atoms with Crippen molar-refractivity contribution < 1.29 is 5.11 Å². The number of aliphatic hydroxyl groups excluding tert-OH is 1. The highest BCUT2D eigenvalue weighted by atomic mass is 16.3. The zero-order chi connectivity index (χ0) is 13.2. The van der Waals surface area contributed by atoms with Crippen LogP contribution in [-0.4, -0.2) is 55.3 Å². The first-order chi connectivity index (χ1) is 9.20. The second kappa shape index (κ2) is 5.14. The van der Waals surface area contributed by atoms with E-state index in [1.54, 1.807) is 10.9 Å². The van der Waals surface area contributed by atoms with Gasteiger partial charge in [0.1, 0.15) is 0 Å². The third-order valence-electron chi connectivity index (χ3n) is 3.47. The molecule has 0 aliphatic carbocycles. The Morgan fingerprint density at radius 1 is 1.37 bits per heavy atom. The molecule has 2 aromatic heterocycles. The number of nitrogens with zero attached hydrogens (tertiary/aromatic N) is 5. The Balaban J connectivity index is 1.44. The van der Waals surface area contributed by atoms with Crippen LogP contribution in [0.25, 0.3) is 0 Å². The van der Waals surface area contributed by atoms with E-state index in [1.807, 2.05) is 30.1 Å². The number of aliphatic hydroxyl groups is 1. The van der Waals surface area contributed by atoms with E-state index in [0.717, 1.165) is 13.1 Å². The van der Waals surface area contributed by atoms with Crippen LogP contribution in [0, 0.1) is 6.92 Å². The summed E-state index contributed by atoms with van der Waals surface area (Å²) in [4.78, 5) is 2.25. The van der Waals surface area contributed by atoms with Crippen molar-refractivity contribution in [1.29, 1.82) is 0 Å². The van der Waals surface area contributed by atoms with E-state index in [0.29, 0.717) is 19.1 Å². The predicted molar refractivity (Wildman–Crippen MR) is 70.7 cm³/mol. The van der Waals surface area contributed by atoms with Gasteiger partial charge in [-0.05, 0) is 18.6 Å². The Kier molecular flexibility index (Phi) is 3.35. The second-order valence-corrected chi connectivity index (χ2v) is 5.25. The summed E-state index contributed by atoms with van der Waals surface area (Å²) in [6.45, 7) is 5.20. The molecule has 1 fully saturated rings. The fourth-order valence-electron chi connectivity index (χ4n) is 2.47. The maximum atomic E-state index is 9.99. The summed E-state index contributed by atoms with van der Waals surface area (Å²) in [6, 6.07) is 2.32. The molecular weight excluding hydrogens is 242 g/mol. The standard InChI is InChI=1S/C13H19N5O/c1-11-5-15-18(6-11)12-7-16(8-12)9-13(19)10-17-4-2-3-14-17/h2-6,12-13,19H,7-10H2,1H3/t13-/m0/s1. The highest BCUT2D eigenvalue weighted by Gasteiger charge is 2.29. The molecule has 0 radical (unpaired) electrons. The molecule has 1 saturated heterocycles. The quantitative estimate of drug-likeness (QED) is 0.841. The van der Waals surface area contributed by atoms with Gasteiger partial charge in [0.05, 0.1) is 24.9 Å². The van der Waals surface area contributed by atoms with Crippen molar-refractivity contribution in [3.8, 4) is 0 Å². The summed E-state index contributed by atoms with van der Waals surface area (Å²) in [7, 11) is 0. The molecule has 0 bridgehead atoms. The Bertz CT molecular complexity index is 515. The normalized spacial score (nSPS) is 18.4. The van der Waals surface area contributed by atoms with Crippen molar-refractivity contribution in [2.75, 3.05) is 19.6 Å². The number of hydrogen-bond donors (Lipinski definition) is 1. The Hall–Kier alpha value is -1.66. The molecule has 102 valence electrons. The maximum Gasteiger partial charge on any atom is 0.0862 e. The minimum Gasteiger partial charge on any atom is -0.390 e. The Morgan fingerprint density at radius 3 is 2.84 bits per heavy atom. The molecule has 6 heteroatoms. The molecule has 3 heterocycles. The topological polar surface area (TPSA) is 59.1 Å². The minimum atomic E-state index is -0.375. The van der Waals surface area contributed by atoms with E-state index < -0.39 is 0 Å². The summed E-state index contributed by atoms with van der Waals surface area (Å²) in [5, 5.41) is 18.4. The number of aromatic nitrogens is 4. The molecule has 1 N–H and O–H groups in total. The van der Waals surface area contributed by atoms with Crippen molar-refractivity contribution in [2.24, 2.45) is 0 Å². The van der Waals surface area contributed by atoms with Crippen LogP contribution < -0.4 is 0 Å². The van der Waals surface area contributed by atoms with E-state index in [-0.39, 0.29) is 6.10 Å². The fraction of sp³-hybridized carbons (Fsp3) is 0.538. The monoisotopic (exact) mass is 261 g/mol. The average Bonchev–Trinajstić information content (AvgIpc) is 2.94. The van der Waals surface area contributed by atoms with Crippen molar-refractivity contribution in [3.05, 3.63) is 36.4 Å². The average molecular weight is 261 g/mol. The largest absolute Gasteiger partial charge is 0.390 e. The van der Waals surface area contributed by atoms with Gasteiger partial charge in [0, 0.05) is 38.2 Å². The molecule has 0 unspecified atom stereocenters. The highest BCUT2D eigenvalue weighted by Crippen LogP contribution is 2.20. The van der Waals surface area contributed by atoms with Gasteiger partial charge in [-0.25, -0.2) is 0 Å². The molecule has 0 aromatic carbocycles. The van der Waals surface area contributed by atoms with E-state index in [2.05, 4.69) is 21.3 Å². The number of hydrogen-bond acceptors (Lipinski definition) is 4. The molecule has 6 nitrogen and oxygen atoms in total. The van der Waals surface area contributed by atoms with Gasteiger partial charge in [0.2, 0.25) is 0 Å². The zero-order valence-electron chi connectivity index (χ0n) is 11.1. The number of aryl methyl sites for hydroxylation is 1. The zero-order valence-corrected chi connectivity index (χ0v) is 11.1. The van der Waals surface area contributed by atoms with Crippen LogP contribution in [0.5, 0.6) is 0 Å². The van der Waals surface area contributed by atoms with Crippen molar-refractivity contribution >= 4 is 0 Å². The Morgan fingerprint density at radius 2 is 2.21 bits per heavy atom. The molecule has 0 amide bonds. The van der Waals surface area contributed by atoms with E-state index in [4.69, 9.17) is 0 Å². The lowest BCUT2D eigenvalue weighted by atomic mass is 10.1. The lowest BCUT2D eigenvalue weighted by Crippen LogP contribution is -2.51. The van der Waals surface area contributed by atoms with Crippen LogP contribution in [-0.2, 0) is 6.54 Å². The van der Waals surface area contributed by atoms with Crippen LogP contribution in [0.1, 0.15) is 11.6 Å². The number of rotatable bonds is 5. The molecule has 2 aromatic rings. The first kappa shape index (κ1) is 12.4. The second-order valence-electron chi connectivity index (χ2n) is 5.25. The highest BCUT2D eigenvalue weighted by molar-refractivity contribution is 5.02. The van der Waals surface area contributed by atoms with Gasteiger partial charge in [-0.2, -0.15) is 10.2 Å². The number of likely N-dealkylation sites (tertiary alicyclic amines) is 1. The van der Waals surface area contributed by atoms with Crippen LogP contribution in [0.3, 0.4) is 0 Å². The van der Waals surface area contributed by atoms with Gasteiger partial charge in [0.25, 0.3) is 0 Å². The van der Waals surface area contributed by atoms with Gasteiger partial charge in [0.15, 0.2) is 0 Å². The molecule has 3 rings (SSSR count). The van der Waals surface area contributed by atoms with Crippen molar-refractivity contribution in [1.82, 2.24) is 24.5 Å². The van der Waals surface area contributed by atoms with E-state index in [1.165, 1.54) is 5.56 Å². The molecule has 0 spiro atoms. The van der Waals surface area contributed by atoms with Gasteiger partial charge < -0.3 is 5.11 Å². The van der Waals surface area contributed by atoms with Gasteiger partial charge in [-0.1, -0.05) is 0 Å². The maximum absolute atomic E-state index is 9.99. The lowest BCUT2D eigenvalue weighted by Gasteiger charge is -2.40. The summed E-state index contributed by atoms with van der Waals surface area (Å²) in [6.07, 6.45) is 7.18. The van der Waals surface area contributed by atoms with Crippen LogP contribution >= 0.6 is 0 Å². The van der Waals surface area contributed by atoms with Gasteiger partial charge in [-0.15, -0.1) is 0 Å². The van der Waals surface area contributed by atoms with Crippen molar-refractivity contribution in [2.45, 2.75) is 25.6 Å². The van der Waals surface area contributed by atoms with E-state index >= 15 is 0 Å². The minimum absolute atomic E-state index is 0.375. The van der Waals surface area contributed by atoms with Gasteiger partial charge >= 0.3 is 0 Å². The van der Waals surface area contributed by atoms with Crippen LogP contribution in [0.2, 0.25) is 0 Å². The molecule has 1 atom stereocenters. The molecular formula is C13H19N5O. The third kappa shape index (κ3) is 2.85. The molecule has 0 saturated carbocycles. The summed E-state index contributed by atoms with van der Waals surface area (Å²) in [5.74, 6) is 0. The molecule has 1 aliphatic rings. The summed E-state index contributed by atoms with van der Waals surface area (Å²) in [5.41, 5.74) is 1.19. The summed E-state index contributed by atoms with van der Waals surface area (Å²) >= 11 is 0. The predicted octanol–water partition coefficient (Wildman–Crippen LogP) is 0.306. The first-order valence-corrected chi connectivity index (χ1v) is 6.59. The molecule has 19 heavy (non-hydrogen) atoms. The molecule has 1 aliphatic heterocycles. The van der Waals surface area contributed by atoms with Gasteiger partial charge in [-0.3, -0.25) is 14.3 Å². The summed E-state index contributed by atoms with van der Waals surface area (Å²) < 4.78 is 3.78. The lowest BCUT2D eigenvalue weighted by molar-refractivity contribution is 0.0325. The SMILES string of the molecule is Cc1cnn(C2CN(C[C@H](O)Cn3cccn3)C2)c1. The van der Waals surface area contributed by atoms with Crippen LogP contribution in [0.15, 0.2) is 30.9 Å². The van der Waals surface area contributed by atoms with Crippen LogP contribution in [0.4, 0.5) is 0 Å². The third-order valence-corrected chi connectivity index (χ3v) is 3.47. The number of β-amino-alcohol motifs (C(OH)–C–C–N with tert-alkyl or cyclic N) is 1. The van der Waals surface area contributed by atoms with Crippen molar-refractivity contribution in [3.63, 3.8) is 0 Å². The Labute approximate surface area is 112 Å². The fourth-order valence-corrected chi connectivity index (χ4v) is 2.47. The van der Waals surface area contributed by atoms with E-state index in [9.17, 15) is 5.11 Å².